The Hall–Kier alpha value is -5.54. The van der Waals surface area contributed by atoms with E-state index in [-0.39, 0.29) is 5.78 Å². The molecule has 0 saturated heterocycles. The van der Waals surface area contributed by atoms with Gasteiger partial charge in [0.05, 0.1) is 18.0 Å². The average Bonchev–Trinajstić information content (AvgIpc) is 3.12. The average molecular weight is 729 g/mol. The van der Waals surface area contributed by atoms with Crippen LogP contribution in [0.2, 0.25) is 0 Å². The van der Waals surface area contributed by atoms with Crippen LogP contribution >= 0.6 is 0 Å². The highest BCUT2D eigenvalue weighted by Crippen LogP contribution is 2.07. The Bertz CT molecular complexity index is 1810. The Balaban J connectivity index is 0.000000305. The summed E-state index contributed by atoms with van der Waals surface area (Å²) in [5.74, 6) is 5.78. The molecule has 2 N–H and O–H groups in total. The quantitative estimate of drug-likeness (QED) is 0.0670. The molecule has 15 nitrogen and oxygen atoms in total. The monoisotopic (exact) mass is 728 g/mol. The van der Waals surface area contributed by atoms with Crippen molar-refractivity contribution in [3.8, 4) is 0 Å². The van der Waals surface area contributed by atoms with Crippen molar-refractivity contribution in [2.24, 2.45) is 21.4 Å². The lowest BCUT2D eigenvalue weighted by atomic mass is 10.2. The fourth-order valence-corrected chi connectivity index (χ4v) is 4.62. The van der Waals surface area contributed by atoms with E-state index in [2.05, 4.69) is 50.2 Å². The summed E-state index contributed by atoms with van der Waals surface area (Å²) in [7, 11) is 3.04. The van der Waals surface area contributed by atoms with E-state index >= 15 is 0 Å². The van der Waals surface area contributed by atoms with Gasteiger partial charge >= 0.3 is 0 Å². The first-order chi connectivity index (χ1) is 25.4. The van der Waals surface area contributed by atoms with Crippen molar-refractivity contribution in [2.75, 3.05) is 27.4 Å². The van der Waals surface area contributed by atoms with Crippen LogP contribution < -0.4 is 5.90 Å². The molecule has 284 valence electrons. The Labute approximate surface area is 312 Å². The van der Waals surface area contributed by atoms with Gasteiger partial charge in [0.2, 0.25) is 0 Å². The second kappa shape index (κ2) is 23.8. The first kappa shape index (κ1) is 43.6. The van der Waals surface area contributed by atoms with Gasteiger partial charge in [0, 0.05) is 41.1 Å². The predicted octanol–water partition coefficient (Wildman–Crippen LogP) is 5.80. The number of carbonyl (C=O) groups is 1. The molecular weight excluding hydrogens is 676 g/mol. The SMILES string of the molecule is CC(=O)c1nc(C)cc(C)n1.CO/N=C(\C)c1cccc(CCCO/N=C(\C)c2nc(C)cc(C)n2)n1.CO/N=C(\C)c1cccc(CCCON)n1. The molecule has 0 amide bonds. The van der Waals surface area contributed by atoms with E-state index in [1.54, 1.807) is 0 Å². The number of carbonyl (C=O) groups excluding carboxylic acids is 1. The van der Waals surface area contributed by atoms with Crippen molar-refractivity contribution < 1.29 is 24.1 Å². The lowest BCUT2D eigenvalue weighted by Gasteiger charge is -2.05. The summed E-state index contributed by atoms with van der Waals surface area (Å²) < 4.78 is 0. The topological polar surface area (TPSA) is 194 Å². The smallest absolute Gasteiger partial charge is 0.196 e. The Morgan fingerprint density at radius 3 is 1.45 bits per heavy atom. The molecule has 0 spiro atoms. The zero-order valence-corrected chi connectivity index (χ0v) is 32.5. The second-order valence-electron chi connectivity index (χ2n) is 11.8. The number of Topliss-reactive ketones (excluding diaryl/α,β-unsaturated/α-hetero) is 1. The predicted molar refractivity (Wildman–Crippen MR) is 205 cm³/mol. The van der Waals surface area contributed by atoms with Crippen LogP contribution in [-0.4, -0.2) is 80.3 Å². The number of ketones is 1. The number of nitrogens with two attached hydrogens (primary N) is 1. The van der Waals surface area contributed by atoms with Gasteiger partial charge in [-0.25, -0.2) is 25.8 Å². The van der Waals surface area contributed by atoms with E-state index < -0.39 is 0 Å². The molecule has 0 bridgehead atoms. The number of aryl methyl sites for hydroxylation is 6. The molecular formula is C38H52N10O5. The molecule has 0 unspecified atom stereocenters. The normalized spacial score (nSPS) is 11.5. The number of aromatic nitrogens is 6. The Morgan fingerprint density at radius 2 is 1.04 bits per heavy atom. The van der Waals surface area contributed by atoms with Crippen molar-refractivity contribution >= 4 is 22.9 Å². The highest BCUT2D eigenvalue weighted by atomic mass is 16.6. The molecule has 0 radical (unpaired) electrons. The van der Waals surface area contributed by atoms with Gasteiger partial charge in [-0.15, -0.1) is 0 Å². The fraction of sp³-hybridized carbons (Fsp3) is 0.421. The van der Waals surface area contributed by atoms with Crippen LogP contribution in [0.3, 0.4) is 0 Å². The number of pyridine rings is 2. The standard InChI is InChI=1S/C19H25N5O2.C11H17N3O2.C8H10N2O/c1-13-12-14(2)21-19(20-13)16(4)24-26-11-7-9-17-8-6-10-18(22-17)15(3)23-25-5;1-9(14-15-2)11-7-3-5-10(13-11)6-4-8-16-12;1-5-4-6(2)10-8(9-5)7(3)11/h6,8,10,12H,7,9,11H2,1-5H3;3,5,7H,4,6,8,12H2,1-2H3;4H,1-3H3/b23-15+,24-16+;14-9+;. The number of oxime groups is 3. The van der Waals surface area contributed by atoms with E-state index in [0.29, 0.717) is 30.6 Å². The van der Waals surface area contributed by atoms with Crippen LogP contribution in [0.1, 0.15) is 103 Å². The summed E-state index contributed by atoms with van der Waals surface area (Å²) in [6.07, 6.45) is 3.29. The fourth-order valence-electron chi connectivity index (χ4n) is 4.62. The molecule has 0 saturated carbocycles. The van der Waals surface area contributed by atoms with Gasteiger partial charge in [-0.1, -0.05) is 27.6 Å². The number of nitrogens with zero attached hydrogens (tertiary/aromatic N) is 9. The minimum Gasteiger partial charge on any atom is -0.399 e. The third-order valence-corrected chi connectivity index (χ3v) is 6.98. The van der Waals surface area contributed by atoms with Gasteiger partial charge in [0.15, 0.2) is 17.4 Å². The number of hydrogen-bond acceptors (Lipinski definition) is 15. The van der Waals surface area contributed by atoms with Gasteiger partial charge in [-0.2, -0.15) is 0 Å². The first-order valence-electron chi connectivity index (χ1n) is 17.1. The first-order valence-corrected chi connectivity index (χ1v) is 17.1. The molecule has 0 aromatic carbocycles. The molecule has 0 aliphatic heterocycles. The minimum atomic E-state index is -0.0863. The van der Waals surface area contributed by atoms with Crippen LogP contribution in [-0.2, 0) is 32.2 Å². The Morgan fingerprint density at radius 1 is 0.604 bits per heavy atom. The van der Waals surface area contributed by atoms with E-state index in [9.17, 15) is 4.79 Å². The molecule has 4 rings (SSSR count). The van der Waals surface area contributed by atoms with Crippen LogP contribution in [0.4, 0.5) is 0 Å². The van der Waals surface area contributed by atoms with Gasteiger partial charge in [0.25, 0.3) is 0 Å². The van der Waals surface area contributed by atoms with Crippen molar-refractivity contribution in [3.05, 3.63) is 106 Å². The zero-order valence-electron chi connectivity index (χ0n) is 32.5. The van der Waals surface area contributed by atoms with Crippen LogP contribution in [0, 0.1) is 27.7 Å². The number of rotatable bonds is 15. The summed E-state index contributed by atoms with van der Waals surface area (Å²) in [5.41, 5.74) is 9.31. The molecule has 0 aliphatic rings. The molecule has 0 atom stereocenters. The van der Waals surface area contributed by atoms with Gasteiger partial charge < -0.3 is 19.4 Å². The maximum atomic E-state index is 10.8. The summed E-state index contributed by atoms with van der Waals surface area (Å²) >= 11 is 0. The van der Waals surface area contributed by atoms with Gasteiger partial charge in [-0.3, -0.25) is 14.8 Å². The molecule has 15 heteroatoms. The molecule has 53 heavy (non-hydrogen) atoms. The van der Waals surface area contributed by atoms with Crippen LogP contribution in [0.25, 0.3) is 0 Å². The van der Waals surface area contributed by atoms with Crippen molar-refractivity contribution in [2.45, 2.75) is 81.1 Å². The number of hydrogen-bond donors (Lipinski definition) is 1. The Kier molecular flexibility index (Phi) is 19.6. The lowest BCUT2D eigenvalue weighted by molar-refractivity contribution is 0.100. The molecule has 4 heterocycles. The molecule has 4 aromatic heterocycles. The molecule has 4 aromatic rings. The third kappa shape index (κ3) is 17.0. The lowest BCUT2D eigenvalue weighted by Crippen LogP contribution is -2.06. The van der Waals surface area contributed by atoms with E-state index in [1.165, 1.54) is 21.1 Å². The maximum absolute atomic E-state index is 10.8. The van der Waals surface area contributed by atoms with Crippen LogP contribution in [0.15, 0.2) is 64.0 Å². The van der Waals surface area contributed by atoms with E-state index in [4.69, 9.17) is 20.4 Å². The van der Waals surface area contributed by atoms with Crippen molar-refractivity contribution in [3.63, 3.8) is 0 Å². The van der Waals surface area contributed by atoms with Gasteiger partial charge in [-0.05, 0) is 111 Å². The summed E-state index contributed by atoms with van der Waals surface area (Å²) in [4.78, 5) is 55.9. The summed E-state index contributed by atoms with van der Waals surface area (Å²) in [6.45, 7) is 15.6. The largest absolute Gasteiger partial charge is 0.399 e. The van der Waals surface area contributed by atoms with Crippen molar-refractivity contribution in [1.82, 2.24) is 29.9 Å². The van der Waals surface area contributed by atoms with Crippen molar-refractivity contribution in [1.29, 1.82) is 0 Å². The zero-order chi connectivity index (χ0) is 39.2. The molecule has 0 fully saturated rings. The molecule has 0 aliphatic carbocycles. The van der Waals surface area contributed by atoms with E-state index in [0.717, 1.165) is 82.7 Å². The van der Waals surface area contributed by atoms with Gasteiger partial charge in [0.1, 0.15) is 38.0 Å². The highest BCUT2D eigenvalue weighted by molar-refractivity contribution is 5.97. The second-order valence-corrected chi connectivity index (χ2v) is 11.8. The third-order valence-electron chi connectivity index (χ3n) is 6.98. The maximum Gasteiger partial charge on any atom is 0.196 e. The summed E-state index contributed by atoms with van der Waals surface area (Å²) in [6, 6.07) is 15.5. The summed E-state index contributed by atoms with van der Waals surface area (Å²) in [5, 5.41) is 11.9. The van der Waals surface area contributed by atoms with E-state index in [1.807, 2.05) is 97.0 Å². The minimum absolute atomic E-state index is 0.0863. The van der Waals surface area contributed by atoms with Crippen LogP contribution in [0.5, 0.6) is 0 Å². The highest BCUT2D eigenvalue weighted by Gasteiger charge is 2.06.